The number of rotatable bonds is 5. The number of carboxylic acid groups (broad SMARTS) is 1. The lowest BCUT2D eigenvalue weighted by Crippen LogP contribution is -2.46. The quantitative estimate of drug-likeness (QED) is 0.620. The number of hydrazine groups is 1. The van der Waals surface area contributed by atoms with Gasteiger partial charge in [-0.1, -0.05) is 13.3 Å². The number of nitrogens with zero attached hydrogens (tertiary/aromatic N) is 3. The lowest BCUT2D eigenvalue weighted by Gasteiger charge is -2.21. The normalized spacial score (nSPS) is 9.70. The van der Waals surface area contributed by atoms with Crippen LogP contribution < -0.4 is 15.2 Å². The molecule has 0 saturated heterocycles. The number of methoxy groups -OCH3 is 1. The van der Waals surface area contributed by atoms with Gasteiger partial charge in [-0.15, -0.1) is 0 Å². The first-order chi connectivity index (χ1) is 9.60. The third-order valence-corrected chi connectivity index (χ3v) is 2.21. The molecule has 2 N–H and O–H groups in total. The molecule has 0 saturated carbocycles. The molecule has 0 fully saturated rings. The van der Waals surface area contributed by atoms with Crippen LogP contribution in [0.15, 0.2) is 12.5 Å². The number of ether oxygens (including phenoxy) is 2. The summed E-state index contributed by atoms with van der Waals surface area (Å²) in [5.41, 5.74) is 1.95. The Bertz CT molecular complexity index is 468. The van der Waals surface area contributed by atoms with Crippen LogP contribution in [-0.2, 0) is 4.74 Å². The molecule has 0 bridgehead atoms. The zero-order valence-electron chi connectivity index (χ0n) is 11.2. The summed E-state index contributed by atoms with van der Waals surface area (Å²) in [6, 6.07) is 0. The van der Waals surface area contributed by atoms with E-state index in [4.69, 9.17) is 14.6 Å². The van der Waals surface area contributed by atoms with Gasteiger partial charge in [-0.25, -0.2) is 20.0 Å². The molecule has 1 heterocycles. The fourth-order valence-corrected chi connectivity index (χ4v) is 1.29. The molecule has 2 amide bonds. The highest BCUT2D eigenvalue weighted by atomic mass is 16.6. The van der Waals surface area contributed by atoms with E-state index in [0.29, 0.717) is 11.4 Å². The van der Waals surface area contributed by atoms with Gasteiger partial charge in [0.2, 0.25) is 5.88 Å². The van der Waals surface area contributed by atoms with Gasteiger partial charge in [-0.3, -0.25) is 0 Å². The van der Waals surface area contributed by atoms with Gasteiger partial charge in [0, 0.05) is 0 Å². The zero-order valence-corrected chi connectivity index (χ0v) is 11.2. The second kappa shape index (κ2) is 7.77. The van der Waals surface area contributed by atoms with Crippen molar-refractivity contribution in [3.05, 3.63) is 12.5 Å². The molecule has 0 radical (unpaired) electrons. The van der Waals surface area contributed by atoms with Gasteiger partial charge in [-0.2, -0.15) is 9.99 Å². The summed E-state index contributed by atoms with van der Waals surface area (Å²) in [6.45, 7) is 2.12. The minimum Gasteiger partial charge on any atom is -0.479 e. The zero-order chi connectivity index (χ0) is 15.0. The second-order valence-corrected chi connectivity index (χ2v) is 3.64. The molecule has 0 aliphatic rings. The molecule has 1 aromatic heterocycles. The van der Waals surface area contributed by atoms with E-state index < -0.39 is 12.2 Å². The van der Waals surface area contributed by atoms with Gasteiger partial charge in [-0.05, 0) is 6.42 Å². The Morgan fingerprint density at radius 3 is 2.85 bits per heavy atom. The smallest absolute Gasteiger partial charge is 0.433 e. The Morgan fingerprint density at radius 1 is 1.50 bits per heavy atom. The van der Waals surface area contributed by atoms with Crippen LogP contribution in [0.3, 0.4) is 0 Å². The molecule has 0 aliphatic carbocycles. The fraction of sp³-hybridized carbons (Fsp3) is 0.455. The topological polar surface area (TPSA) is 114 Å². The maximum atomic E-state index is 11.9. The minimum atomic E-state index is -1.43. The Morgan fingerprint density at radius 2 is 2.25 bits per heavy atom. The Balaban J connectivity index is 2.93. The van der Waals surface area contributed by atoms with Gasteiger partial charge in [0.15, 0.2) is 5.69 Å². The predicted molar refractivity (Wildman–Crippen MR) is 68.5 cm³/mol. The molecule has 0 unspecified atom stereocenters. The van der Waals surface area contributed by atoms with E-state index in [1.54, 1.807) is 0 Å². The van der Waals surface area contributed by atoms with Crippen molar-refractivity contribution in [3.63, 3.8) is 0 Å². The van der Waals surface area contributed by atoms with Gasteiger partial charge in [0.05, 0.1) is 19.9 Å². The second-order valence-electron chi connectivity index (χ2n) is 3.64. The van der Waals surface area contributed by atoms with E-state index in [1.807, 2.05) is 12.3 Å². The van der Waals surface area contributed by atoms with E-state index in [9.17, 15) is 9.59 Å². The van der Waals surface area contributed by atoms with Crippen LogP contribution in [0, 0.1) is 0 Å². The average Bonchev–Trinajstić information content (AvgIpc) is 2.44. The number of hydrogen-bond acceptors (Lipinski definition) is 6. The van der Waals surface area contributed by atoms with Crippen LogP contribution >= 0.6 is 0 Å². The van der Waals surface area contributed by atoms with Crippen molar-refractivity contribution >= 4 is 17.9 Å². The summed E-state index contributed by atoms with van der Waals surface area (Å²) in [5.74, 6) is 0.0428. The standard InChI is InChI=1S/C11H16N4O5/c1-3-4-5-20-11(18)15(14-10(16)17)8-6-12-7-13-9(8)19-2/h6-7,14H,3-5H2,1-2H3,(H,16,17). The Labute approximate surface area is 115 Å². The first kappa shape index (κ1) is 15.5. The molecule has 0 atom stereocenters. The van der Waals surface area contributed by atoms with Crippen molar-refractivity contribution < 1.29 is 24.2 Å². The van der Waals surface area contributed by atoms with Crippen molar-refractivity contribution in [2.75, 3.05) is 18.7 Å². The number of aromatic nitrogens is 2. The number of hydrogen-bond donors (Lipinski definition) is 2. The molecule has 9 heteroatoms. The van der Waals surface area contributed by atoms with E-state index in [1.165, 1.54) is 19.6 Å². The van der Waals surface area contributed by atoms with Gasteiger partial charge in [0.25, 0.3) is 0 Å². The maximum Gasteiger partial charge on any atom is 0.433 e. The van der Waals surface area contributed by atoms with Crippen LogP contribution in [0.5, 0.6) is 5.88 Å². The molecule has 1 aromatic rings. The first-order valence-electron chi connectivity index (χ1n) is 5.90. The monoisotopic (exact) mass is 284 g/mol. The van der Waals surface area contributed by atoms with Gasteiger partial charge < -0.3 is 14.6 Å². The molecule has 1 rings (SSSR count). The minimum absolute atomic E-state index is 0.0406. The fourth-order valence-electron chi connectivity index (χ4n) is 1.29. The summed E-state index contributed by atoms with van der Waals surface area (Å²) < 4.78 is 9.90. The van der Waals surface area contributed by atoms with Crippen LogP contribution in [-0.4, -0.2) is 41.0 Å². The van der Waals surface area contributed by atoms with Crippen LogP contribution in [0.1, 0.15) is 19.8 Å². The van der Waals surface area contributed by atoms with Crippen LogP contribution in [0.4, 0.5) is 15.3 Å². The molecule has 0 aliphatic heterocycles. The van der Waals surface area contributed by atoms with E-state index >= 15 is 0 Å². The number of anilines is 1. The van der Waals surface area contributed by atoms with Crippen LogP contribution in [0.25, 0.3) is 0 Å². The Hall–Kier alpha value is -2.58. The third kappa shape index (κ3) is 4.26. The van der Waals surface area contributed by atoms with Gasteiger partial charge >= 0.3 is 12.2 Å². The van der Waals surface area contributed by atoms with Gasteiger partial charge in [0.1, 0.15) is 6.33 Å². The highest BCUT2D eigenvalue weighted by Gasteiger charge is 2.24. The summed E-state index contributed by atoms with van der Waals surface area (Å²) in [7, 11) is 1.34. The summed E-state index contributed by atoms with van der Waals surface area (Å²) in [6.07, 6.45) is 1.66. The van der Waals surface area contributed by atoms with E-state index in [-0.39, 0.29) is 18.2 Å². The van der Waals surface area contributed by atoms with Crippen molar-refractivity contribution in [1.29, 1.82) is 0 Å². The number of nitrogens with one attached hydrogen (secondary N) is 1. The van der Waals surface area contributed by atoms with Crippen molar-refractivity contribution in [2.45, 2.75) is 19.8 Å². The Kier molecular flexibility index (Phi) is 6.01. The van der Waals surface area contributed by atoms with Crippen molar-refractivity contribution in [1.82, 2.24) is 15.4 Å². The molecular formula is C11H16N4O5. The molecule has 110 valence electrons. The summed E-state index contributed by atoms with van der Waals surface area (Å²) in [4.78, 5) is 30.2. The molecular weight excluding hydrogens is 268 g/mol. The van der Waals surface area contributed by atoms with E-state index in [0.717, 1.165) is 6.42 Å². The summed E-state index contributed by atoms with van der Waals surface area (Å²) >= 11 is 0. The molecule has 20 heavy (non-hydrogen) atoms. The number of carbonyl (C=O) groups is 2. The molecule has 0 spiro atoms. The number of unbranched alkanes of at least 4 members (excludes halogenated alkanes) is 1. The predicted octanol–water partition coefficient (Wildman–Crippen LogP) is 1.41. The number of amides is 2. The summed E-state index contributed by atoms with van der Waals surface area (Å²) in [5, 5.41) is 9.46. The lowest BCUT2D eigenvalue weighted by molar-refractivity contribution is 0.145. The highest BCUT2D eigenvalue weighted by molar-refractivity contribution is 5.91. The molecule has 9 nitrogen and oxygen atoms in total. The van der Waals surface area contributed by atoms with E-state index in [2.05, 4.69) is 9.97 Å². The van der Waals surface area contributed by atoms with Crippen molar-refractivity contribution in [3.8, 4) is 5.88 Å². The molecule has 0 aromatic carbocycles. The maximum absolute atomic E-state index is 11.9. The largest absolute Gasteiger partial charge is 0.479 e. The first-order valence-corrected chi connectivity index (χ1v) is 5.90. The third-order valence-electron chi connectivity index (χ3n) is 2.21. The SMILES string of the molecule is CCCCOC(=O)N(NC(=O)O)c1cncnc1OC. The highest BCUT2D eigenvalue weighted by Crippen LogP contribution is 2.23. The average molecular weight is 284 g/mol. The lowest BCUT2D eigenvalue weighted by atomic mass is 10.4. The van der Waals surface area contributed by atoms with Crippen LogP contribution in [0.2, 0.25) is 0 Å². The number of carbonyl (C=O) groups excluding carboxylic acids is 1. The van der Waals surface area contributed by atoms with Crippen molar-refractivity contribution in [2.24, 2.45) is 0 Å².